The summed E-state index contributed by atoms with van der Waals surface area (Å²) in [5.74, 6) is 0.204. The minimum atomic E-state index is 0.204. The van der Waals surface area contributed by atoms with Gasteiger partial charge in [-0.1, -0.05) is 0 Å². The SMILES string of the molecule is Cc1nn(C)c2c1CC(C#N)CC2. The Morgan fingerprint density at radius 2 is 2.38 bits per heavy atom. The summed E-state index contributed by atoms with van der Waals surface area (Å²) in [6.45, 7) is 2.03. The molecule has 1 aromatic rings. The maximum absolute atomic E-state index is 8.84. The molecule has 0 bridgehead atoms. The molecule has 3 heteroatoms. The fraction of sp³-hybridized carbons (Fsp3) is 0.600. The molecule has 0 aromatic carbocycles. The summed E-state index contributed by atoms with van der Waals surface area (Å²) in [6.07, 6.45) is 2.89. The zero-order valence-electron chi connectivity index (χ0n) is 8.04. The highest BCUT2D eigenvalue weighted by Crippen LogP contribution is 2.26. The zero-order chi connectivity index (χ0) is 9.42. The lowest BCUT2D eigenvalue weighted by Crippen LogP contribution is -2.14. The number of fused-ring (bicyclic) bond motifs is 1. The van der Waals surface area contributed by atoms with Gasteiger partial charge in [0.15, 0.2) is 0 Å². The third-order valence-corrected chi connectivity index (χ3v) is 2.84. The van der Waals surface area contributed by atoms with Crippen LogP contribution in [0.5, 0.6) is 0 Å². The van der Waals surface area contributed by atoms with Crippen LogP contribution >= 0.6 is 0 Å². The van der Waals surface area contributed by atoms with Crippen LogP contribution in [0, 0.1) is 24.2 Å². The molecule has 0 spiro atoms. The standard InChI is InChI=1S/C10H13N3/c1-7-9-5-8(6-11)3-4-10(9)13(2)12-7/h8H,3-5H2,1-2H3. The van der Waals surface area contributed by atoms with E-state index in [-0.39, 0.29) is 5.92 Å². The number of nitriles is 1. The normalized spacial score (nSPS) is 20.8. The molecule has 3 nitrogen and oxygen atoms in total. The van der Waals surface area contributed by atoms with Crippen LogP contribution in [-0.2, 0) is 19.9 Å². The molecule has 0 radical (unpaired) electrons. The summed E-state index contributed by atoms with van der Waals surface area (Å²) in [4.78, 5) is 0. The Hall–Kier alpha value is -1.30. The van der Waals surface area contributed by atoms with Gasteiger partial charge in [0.25, 0.3) is 0 Å². The van der Waals surface area contributed by atoms with Crippen LogP contribution in [0.4, 0.5) is 0 Å². The maximum atomic E-state index is 8.84. The molecule has 1 aromatic heterocycles. The fourth-order valence-electron chi connectivity index (χ4n) is 2.10. The van der Waals surface area contributed by atoms with Gasteiger partial charge in [-0.05, 0) is 31.7 Å². The largest absolute Gasteiger partial charge is 0.272 e. The van der Waals surface area contributed by atoms with E-state index in [4.69, 9.17) is 5.26 Å². The summed E-state index contributed by atoms with van der Waals surface area (Å²) >= 11 is 0. The van der Waals surface area contributed by atoms with Crippen molar-refractivity contribution >= 4 is 0 Å². The van der Waals surface area contributed by atoms with Crippen molar-refractivity contribution in [2.24, 2.45) is 13.0 Å². The molecule has 13 heavy (non-hydrogen) atoms. The summed E-state index contributed by atoms with van der Waals surface area (Å²) in [5, 5.41) is 13.2. The highest BCUT2D eigenvalue weighted by Gasteiger charge is 2.23. The van der Waals surface area contributed by atoms with Crippen molar-refractivity contribution in [3.8, 4) is 6.07 Å². The van der Waals surface area contributed by atoms with Crippen LogP contribution in [0.1, 0.15) is 23.4 Å². The van der Waals surface area contributed by atoms with E-state index in [9.17, 15) is 0 Å². The molecule has 1 atom stereocenters. The Balaban J connectivity index is 2.40. The van der Waals surface area contributed by atoms with Crippen molar-refractivity contribution in [2.45, 2.75) is 26.2 Å². The summed E-state index contributed by atoms with van der Waals surface area (Å²) in [5.41, 5.74) is 3.72. The summed E-state index contributed by atoms with van der Waals surface area (Å²) in [6, 6.07) is 2.34. The number of aryl methyl sites for hydroxylation is 2. The van der Waals surface area contributed by atoms with Crippen molar-refractivity contribution < 1.29 is 0 Å². The maximum Gasteiger partial charge on any atom is 0.0659 e. The predicted octanol–water partition coefficient (Wildman–Crippen LogP) is 1.36. The quantitative estimate of drug-likeness (QED) is 0.597. The van der Waals surface area contributed by atoms with Gasteiger partial charge in [-0.15, -0.1) is 0 Å². The van der Waals surface area contributed by atoms with Gasteiger partial charge in [-0.25, -0.2) is 0 Å². The zero-order valence-corrected chi connectivity index (χ0v) is 8.04. The van der Waals surface area contributed by atoms with E-state index in [2.05, 4.69) is 11.2 Å². The molecule has 68 valence electrons. The van der Waals surface area contributed by atoms with E-state index in [1.807, 2.05) is 18.7 Å². The van der Waals surface area contributed by atoms with E-state index in [0.717, 1.165) is 25.0 Å². The first-order valence-electron chi connectivity index (χ1n) is 4.63. The first-order chi connectivity index (χ1) is 6.22. The second-order valence-corrected chi connectivity index (χ2v) is 3.70. The van der Waals surface area contributed by atoms with Crippen LogP contribution in [0.3, 0.4) is 0 Å². The molecule has 1 unspecified atom stereocenters. The molecule has 0 aliphatic heterocycles. The molecule has 0 N–H and O–H groups in total. The minimum Gasteiger partial charge on any atom is -0.272 e. The van der Waals surface area contributed by atoms with Gasteiger partial charge in [0.1, 0.15) is 0 Å². The van der Waals surface area contributed by atoms with Crippen molar-refractivity contribution in [2.75, 3.05) is 0 Å². The van der Waals surface area contributed by atoms with E-state index in [1.54, 1.807) is 0 Å². The van der Waals surface area contributed by atoms with E-state index >= 15 is 0 Å². The molecule has 2 rings (SSSR count). The Kier molecular flexibility index (Phi) is 1.84. The first kappa shape index (κ1) is 8.31. The second-order valence-electron chi connectivity index (χ2n) is 3.70. The average molecular weight is 175 g/mol. The minimum absolute atomic E-state index is 0.204. The number of hydrogen-bond donors (Lipinski definition) is 0. The van der Waals surface area contributed by atoms with Crippen molar-refractivity contribution in [1.29, 1.82) is 5.26 Å². The second kappa shape index (κ2) is 2.88. The Morgan fingerprint density at radius 1 is 1.62 bits per heavy atom. The third-order valence-electron chi connectivity index (χ3n) is 2.84. The molecular formula is C10H13N3. The Bertz CT molecular complexity index is 370. The van der Waals surface area contributed by atoms with E-state index in [1.165, 1.54) is 11.3 Å². The average Bonchev–Trinajstić information content (AvgIpc) is 2.42. The third kappa shape index (κ3) is 1.23. The number of nitrogens with zero attached hydrogens (tertiary/aromatic N) is 3. The lowest BCUT2D eigenvalue weighted by Gasteiger charge is -2.16. The number of hydrogen-bond acceptors (Lipinski definition) is 2. The van der Waals surface area contributed by atoms with Crippen molar-refractivity contribution in [3.63, 3.8) is 0 Å². The van der Waals surface area contributed by atoms with Gasteiger partial charge in [-0.3, -0.25) is 4.68 Å². The van der Waals surface area contributed by atoms with Crippen LogP contribution in [0.2, 0.25) is 0 Å². The van der Waals surface area contributed by atoms with Crippen molar-refractivity contribution in [1.82, 2.24) is 9.78 Å². The predicted molar refractivity (Wildman–Crippen MR) is 49.1 cm³/mol. The van der Waals surface area contributed by atoms with E-state index < -0.39 is 0 Å². The van der Waals surface area contributed by atoms with Crippen LogP contribution in [0.25, 0.3) is 0 Å². The van der Waals surface area contributed by atoms with Crippen LogP contribution in [0.15, 0.2) is 0 Å². The topological polar surface area (TPSA) is 41.6 Å². The fourth-order valence-corrected chi connectivity index (χ4v) is 2.10. The highest BCUT2D eigenvalue weighted by atomic mass is 15.3. The number of rotatable bonds is 0. The molecule has 0 amide bonds. The van der Waals surface area contributed by atoms with E-state index in [0.29, 0.717) is 0 Å². The monoisotopic (exact) mass is 175 g/mol. The molecule has 1 aliphatic rings. The molecule has 1 heterocycles. The summed E-state index contributed by atoms with van der Waals surface area (Å²) in [7, 11) is 1.98. The Labute approximate surface area is 78.0 Å². The van der Waals surface area contributed by atoms with Gasteiger partial charge >= 0.3 is 0 Å². The molecule has 1 aliphatic carbocycles. The van der Waals surface area contributed by atoms with Crippen LogP contribution in [-0.4, -0.2) is 9.78 Å². The molecule has 0 saturated heterocycles. The molecule has 0 fully saturated rings. The van der Waals surface area contributed by atoms with Gasteiger partial charge in [-0.2, -0.15) is 10.4 Å². The van der Waals surface area contributed by atoms with Gasteiger partial charge in [0, 0.05) is 12.7 Å². The van der Waals surface area contributed by atoms with Gasteiger partial charge < -0.3 is 0 Å². The lowest BCUT2D eigenvalue weighted by molar-refractivity contribution is 0.541. The first-order valence-corrected chi connectivity index (χ1v) is 4.63. The number of aromatic nitrogens is 2. The lowest BCUT2D eigenvalue weighted by atomic mass is 9.87. The highest BCUT2D eigenvalue weighted by molar-refractivity contribution is 5.29. The van der Waals surface area contributed by atoms with Gasteiger partial charge in [0.2, 0.25) is 0 Å². The Morgan fingerprint density at radius 3 is 3.08 bits per heavy atom. The van der Waals surface area contributed by atoms with Crippen molar-refractivity contribution in [3.05, 3.63) is 17.0 Å². The van der Waals surface area contributed by atoms with Gasteiger partial charge in [0.05, 0.1) is 17.7 Å². The summed E-state index contributed by atoms with van der Waals surface area (Å²) < 4.78 is 1.96. The van der Waals surface area contributed by atoms with Crippen LogP contribution < -0.4 is 0 Å². The molecule has 0 saturated carbocycles. The smallest absolute Gasteiger partial charge is 0.0659 e. The molecular weight excluding hydrogens is 162 g/mol.